The van der Waals surface area contributed by atoms with E-state index in [9.17, 15) is 19.5 Å². The Bertz CT molecular complexity index is 1710. The number of nitrogens with one attached hydrogen (secondary N) is 2. The van der Waals surface area contributed by atoms with E-state index in [-0.39, 0.29) is 29.7 Å². The molecule has 0 atom stereocenters. The predicted molar refractivity (Wildman–Crippen MR) is 191 cm³/mol. The zero-order chi connectivity index (χ0) is 36.0. The van der Waals surface area contributed by atoms with Gasteiger partial charge in [0.2, 0.25) is 5.91 Å². The number of phenolic OH excluding ortho intramolecular Hbond substituents is 1. The summed E-state index contributed by atoms with van der Waals surface area (Å²) in [6, 6.07) is 13.5. The molecule has 272 valence electrons. The van der Waals surface area contributed by atoms with Crippen molar-refractivity contribution >= 4 is 23.5 Å². The maximum Gasteiger partial charge on any atom is 0.338 e. The van der Waals surface area contributed by atoms with E-state index in [1.165, 1.54) is 43.4 Å². The number of carboxylic acids is 1. The number of phenols is 1. The fraction of sp³-hybridized carbons (Fsp3) is 0.421. The molecule has 4 N–H and O–H groups in total. The lowest BCUT2D eigenvalue weighted by Gasteiger charge is -2.34. The van der Waals surface area contributed by atoms with E-state index in [1.54, 1.807) is 10.7 Å². The maximum absolute atomic E-state index is 13.3. The number of hydrogen-bond donors (Lipinski definition) is 4. The molecular formula is C38H47N5O8. The number of aromatic hydroxyl groups is 1. The normalized spacial score (nSPS) is 14.1. The van der Waals surface area contributed by atoms with E-state index in [0.29, 0.717) is 63.2 Å². The number of aryl methyl sites for hydroxylation is 1. The maximum atomic E-state index is 13.3. The van der Waals surface area contributed by atoms with Crippen molar-refractivity contribution in [1.82, 2.24) is 20.0 Å². The van der Waals surface area contributed by atoms with E-state index in [1.807, 2.05) is 25.5 Å². The van der Waals surface area contributed by atoms with Crippen LogP contribution in [0.25, 0.3) is 11.1 Å². The molecule has 0 radical (unpaired) electrons. The first kappa shape index (κ1) is 37.1. The monoisotopic (exact) mass is 701 g/mol. The Morgan fingerprint density at radius 3 is 2.53 bits per heavy atom. The van der Waals surface area contributed by atoms with Crippen molar-refractivity contribution in [2.24, 2.45) is 7.05 Å². The number of hydrogen-bond acceptors (Lipinski definition) is 9. The quantitative estimate of drug-likeness (QED) is 0.0973. The lowest BCUT2D eigenvalue weighted by Crippen LogP contribution is -2.45. The molecule has 4 aromatic rings. The first-order chi connectivity index (χ1) is 24.8. The summed E-state index contributed by atoms with van der Waals surface area (Å²) >= 11 is 0. The Kier molecular flexibility index (Phi) is 13.6. The third-order valence-electron chi connectivity index (χ3n) is 9.02. The lowest BCUT2D eigenvalue weighted by atomic mass is 9.94. The van der Waals surface area contributed by atoms with Gasteiger partial charge in [0.05, 0.1) is 37.7 Å². The smallest absolute Gasteiger partial charge is 0.338 e. The van der Waals surface area contributed by atoms with Crippen molar-refractivity contribution in [2.45, 2.75) is 57.4 Å². The van der Waals surface area contributed by atoms with Gasteiger partial charge in [0.1, 0.15) is 17.7 Å². The molecule has 0 saturated heterocycles. The van der Waals surface area contributed by atoms with Gasteiger partial charge in [0.15, 0.2) is 12.4 Å². The van der Waals surface area contributed by atoms with E-state index in [2.05, 4.69) is 49.3 Å². The van der Waals surface area contributed by atoms with Crippen molar-refractivity contribution in [3.63, 3.8) is 0 Å². The minimum Gasteiger partial charge on any atom is -0.506 e. The molecule has 2 aromatic carbocycles. The highest BCUT2D eigenvalue weighted by Crippen LogP contribution is 2.39. The van der Waals surface area contributed by atoms with Gasteiger partial charge in [0, 0.05) is 37.9 Å². The zero-order valence-corrected chi connectivity index (χ0v) is 29.0. The Labute approximate surface area is 297 Å². The van der Waals surface area contributed by atoms with Crippen molar-refractivity contribution in [3.8, 4) is 22.6 Å². The molecule has 0 spiro atoms. The predicted octanol–water partition coefficient (Wildman–Crippen LogP) is 5.04. The molecule has 0 bridgehead atoms. The minimum absolute atomic E-state index is 0.000764. The number of furan rings is 1. The highest BCUT2D eigenvalue weighted by Gasteiger charge is 2.25. The number of rotatable bonds is 15. The summed E-state index contributed by atoms with van der Waals surface area (Å²) in [7, 11) is 1.91. The molecule has 51 heavy (non-hydrogen) atoms. The van der Waals surface area contributed by atoms with Crippen LogP contribution in [0, 0.1) is 0 Å². The number of fused-ring (bicyclic) bond motifs is 1. The molecule has 13 heteroatoms. The standard InChI is InChI=1S/C33H43N5O5.C5H4O3/c1-37-22-27(21-35-37)25-9-7-24(8-10-25)14-19-42-20-15-31(41)38(28-5-3-2-4-6-28)18-17-34-16-13-26-11-12-29(39)32-33(26)43-23-30(40)36-32;6-5(7)4-1-2-8-3-4/h7-12,21-22,28,34,39H,2-6,13-20,23H2,1H3,(H,36,40);1-3H,(H,6,7). The second-order valence-electron chi connectivity index (χ2n) is 12.7. The van der Waals surface area contributed by atoms with Gasteiger partial charge in [0.25, 0.3) is 5.91 Å². The minimum atomic E-state index is -0.959. The first-order valence-corrected chi connectivity index (χ1v) is 17.5. The topological polar surface area (TPSA) is 168 Å². The van der Waals surface area contributed by atoms with Crippen molar-refractivity contribution in [1.29, 1.82) is 0 Å². The molecule has 0 unspecified atom stereocenters. The summed E-state index contributed by atoms with van der Waals surface area (Å²) in [5.74, 6) is -0.545. The van der Waals surface area contributed by atoms with Crippen LogP contribution in [-0.2, 0) is 34.2 Å². The van der Waals surface area contributed by atoms with Gasteiger partial charge < -0.3 is 39.6 Å². The number of carbonyl (C=O) groups is 3. The number of nitrogens with zero attached hydrogens (tertiary/aromatic N) is 3. The molecule has 6 rings (SSSR count). The fourth-order valence-electron chi connectivity index (χ4n) is 6.28. The molecule has 13 nitrogen and oxygen atoms in total. The third kappa shape index (κ3) is 10.9. The highest BCUT2D eigenvalue weighted by molar-refractivity contribution is 5.97. The zero-order valence-electron chi connectivity index (χ0n) is 29.0. The van der Waals surface area contributed by atoms with Crippen molar-refractivity contribution < 1.29 is 38.5 Å². The number of amides is 2. The Balaban J connectivity index is 0.000000556. The third-order valence-corrected chi connectivity index (χ3v) is 9.02. The van der Waals surface area contributed by atoms with E-state index >= 15 is 0 Å². The second-order valence-corrected chi connectivity index (χ2v) is 12.7. The second kappa shape index (κ2) is 18.7. The molecular weight excluding hydrogens is 654 g/mol. The van der Waals surface area contributed by atoms with Crippen LogP contribution in [0.4, 0.5) is 5.69 Å². The molecule has 2 aromatic heterocycles. The van der Waals surface area contributed by atoms with Gasteiger partial charge >= 0.3 is 5.97 Å². The van der Waals surface area contributed by atoms with Crippen LogP contribution in [0.2, 0.25) is 0 Å². The van der Waals surface area contributed by atoms with Crippen molar-refractivity contribution in [3.05, 3.63) is 84.1 Å². The average molecular weight is 702 g/mol. The SMILES string of the molecule is Cn1cc(-c2ccc(CCOCCC(=O)N(CCNCCc3ccc(O)c4c3OCC(=O)N4)C3CCCCC3)cc2)cn1.O=C(O)c1ccoc1. The van der Waals surface area contributed by atoms with Crippen molar-refractivity contribution in [2.75, 3.05) is 44.8 Å². The number of carboxylic acid groups (broad SMARTS) is 1. The Hall–Kier alpha value is -5.14. The summed E-state index contributed by atoms with van der Waals surface area (Å²) in [6.07, 6.45) is 13.9. The average Bonchev–Trinajstić information content (AvgIpc) is 3.84. The number of aromatic carboxylic acids is 1. The fourth-order valence-corrected chi connectivity index (χ4v) is 6.28. The van der Waals surface area contributed by atoms with Crippen LogP contribution in [0.3, 0.4) is 0 Å². The summed E-state index contributed by atoms with van der Waals surface area (Å²) in [5.41, 5.74) is 4.89. The van der Waals surface area contributed by atoms with E-state index in [4.69, 9.17) is 14.6 Å². The highest BCUT2D eigenvalue weighted by atomic mass is 16.5. The largest absolute Gasteiger partial charge is 0.506 e. The van der Waals surface area contributed by atoms with Gasteiger partial charge in [-0.2, -0.15) is 5.10 Å². The molecule has 1 aliphatic carbocycles. The molecule has 3 heterocycles. The number of anilines is 1. The van der Waals surface area contributed by atoms with Gasteiger partial charge in [-0.25, -0.2) is 4.79 Å². The van der Waals surface area contributed by atoms with Crippen LogP contribution in [-0.4, -0.2) is 88.2 Å². The lowest BCUT2D eigenvalue weighted by molar-refractivity contribution is -0.135. The van der Waals surface area contributed by atoms with Gasteiger partial charge in [-0.1, -0.05) is 49.6 Å². The van der Waals surface area contributed by atoms with Gasteiger partial charge in [-0.05, 0) is 61.1 Å². The van der Waals surface area contributed by atoms with Crippen LogP contribution >= 0.6 is 0 Å². The summed E-state index contributed by atoms with van der Waals surface area (Å²) in [6.45, 7) is 2.99. The van der Waals surface area contributed by atoms with Crippen LogP contribution in [0.5, 0.6) is 11.5 Å². The number of benzene rings is 2. The Morgan fingerprint density at radius 2 is 1.84 bits per heavy atom. The summed E-state index contributed by atoms with van der Waals surface area (Å²) in [4.78, 5) is 37.0. The molecule has 2 amide bonds. The molecule has 1 fully saturated rings. The molecule has 1 saturated carbocycles. The van der Waals surface area contributed by atoms with Crippen LogP contribution < -0.4 is 15.4 Å². The number of aromatic nitrogens is 2. The van der Waals surface area contributed by atoms with Crippen LogP contribution in [0.15, 0.2) is 71.8 Å². The summed E-state index contributed by atoms with van der Waals surface area (Å²) < 4.78 is 17.8. The summed E-state index contributed by atoms with van der Waals surface area (Å²) in [5, 5.41) is 28.7. The van der Waals surface area contributed by atoms with E-state index < -0.39 is 5.97 Å². The van der Waals surface area contributed by atoms with Gasteiger partial charge in [-0.3, -0.25) is 14.3 Å². The number of ether oxygens (including phenoxy) is 2. The van der Waals surface area contributed by atoms with Crippen LogP contribution in [0.1, 0.15) is 60.0 Å². The number of carbonyl (C=O) groups excluding carboxylic acids is 2. The molecule has 1 aliphatic heterocycles. The first-order valence-electron chi connectivity index (χ1n) is 17.5. The Morgan fingerprint density at radius 1 is 1.04 bits per heavy atom. The van der Waals surface area contributed by atoms with E-state index in [0.717, 1.165) is 36.0 Å². The van der Waals surface area contributed by atoms with Gasteiger partial charge in [-0.15, -0.1) is 0 Å². The molecule has 2 aliphatic rings.